The smallest absolute Gasteiger partial charge is 0.159 e. The van der Waals surface area contributed by atoms with Crippen LogP contribution in [-0.4, -0.2) is 47.7 Å². The first kappa shape index (κ1) is 17.3. The molecule has 130 valence electrons. The first-order chi connectivity index (χ1) is 12.1. The van der Waals surface area contributed by atoms with E-state index in [1.807, 2.05) is 0 Å². The Balaban J connectivity index is 1.57. The van der Waals surface area contributed by atoms with E-state index in [0.29, 0.717) is 43.9 Å². The molecule has 0 amide bonds. The zero-order valence-electron chi connectivity index (χ0n) is 13.6. The third-order valence-corrected chi connectivity index (χ3v) is 4.33. The third kappa shape index (κ3) is 4.10. The Labute approximate surface area is 144 Å². The van der Waals surface area contributed by atoms with Gasteiger partial charge in [-0.2, -0.15) is 5.26 Å². The summed E-state index contributed by atoms with van der Waals surface area (Å²) in [5, 5.41) is 19.2. The number of pyridine rings is 1. The minimum absolute atomic E-state index is 0.352. The van der Waals surface area contributed by atoms with Crippen LogP contribution in [0.4, 0.5) is 14.6 Å². The molecule has 0 spiro atoms. The molecule has 25 heavy (non-hydrogen) atoms. The number of nitriles is 1. The van der Waals surface area contributed by atoms with E-state index in [0.717, 1.165) is 18.0 Å². The van der Waals surface area contributed by atoms with Crippen LogP contribution in [0.2, 0.25) is 0 Å². The summed E-state index contributed by atoms with van der Waals surface area (Å²) in [7, 11) is 0. The van der Waals surface area contributed by atoms with Crippen LogP contribution >= 0.6 is 0 Å². The van der Waals surface area contributed by atoms with E-state index in [2.05, 4.69) is 20.9 Å². The fourth-order valence-corrected chi connectivity index (χ4v) is 2.89. The Hall–Kier alpha value is -2.56. The lowest BCUT2D eigenvalue weighted by Crippen LogP contribution is -2.47. The number of aliphatic hydroxyl groups is 1. The van der Waals surface area contributed by atoms with Crippen LogP contribution in [-0.2, 0) is 0 Å². The zero-order valence-corrected chi connectivity index (χ0v) is 13.6. The Kier molecular flexibility index (Phi) is 5.22. The van der Waals surface area contributed by atoms with Gasteiger partial charge in [-0.3, -0.25) is 4.90 Å². The summed E-state index contributed by atoms with van der Waals surface area (Å²) < 4.78 is 26.3. The van der Waals surface area contributed by atoms with Gasteiger partial charge in [-0.15, -0.1) is 0 Å². The van der Waals surface area contributed by atoms with E-state index in [-0.39, 0.29) is 0 Å². The lowest BCUT2D eigenvalue weighted by atomic mass is 10.1. The first-order valence-corrected chi connectivity index (χ1v) is 8.03. The van der Waals surface area contributed by atoms with Gasteiger partial charge in [0.1, 0.15) is 5.82 Å². The number of anilines is 1. The third-order valence-electron chi connectivity index (χ3n) is 4.33. The number of nitrogens with zero attached hydrogens (tertiary/aromatic N) is 4. The summed E-state index contributed by atoms with van der Waals surface area (Å²) in [5.41, 5.74) is 0.936. The largest absolute Gasteiger partial charge is 0.387 e. The number of aromatic nitrogens is 1. The highest BCUT2D eigenvalue weighted by molar-refractivity contribution is 5.45. The maximum Gasteiger partial charge on any atom is 0.159 e. The van der Waals surface area contributed by atoms with Crippen LogP contribution in [0, 0.1) is 23.0 Å². The molecule has 2 heterocycles. The molecule has 1 fully saturated rings. The Bertz CT molecular complexity index is 785. The van der Waals surface area contributed by atoms with E-state index in [4.69, 9.17) is 5.26 Å². The molecule has 0 bridgehead atoms. The molecule has 1 N–H and O–H groups in total. The number of rotatable bonds is 4. The average Bonchev–Trinajstić information content (AvgIpc) is 2.64. The van der Waals surface area contributed by atoms with Crippen molar-refractivity contribution < 1.29 is 13.9 Å². The Morgan fingerprint density at radius 3 is 2.56 bits per heavy atom. The van der Waals surface area contributed by atoms with E-state index in [1.165, 1.54) is 6.07 Å². The highest BCUT2D eigenvalue weighted by Crippen LogP contribution is 2.19. The number of hydrogen-bond acceptors (Lipinski definition) is 5. The summed E-state index contributed by atoms with van der Waals surface area (Å²) in [6, 6.07) is 8.98. The van der Waals surface area contributed by atoms with Crippen molar-refractivity contribution in [2.45, 2.75) is 6.10 Å². The quantitative estimate of drug-likeness (QED) is 0.920. The molecule has 2 aromatic rings. The minimum Gasteiger partial charge on any atom is -0.387 e. The maximum atomic E-state index is 13.3. The standard InChI is InChI=1S/C18H18F2N4O/c19-15-2-1-14(10-16(15)20)17(25)12-23-5-7-24(8-6-23)18-9-13(11-21)3-4-22-18/h1-4,9-10,17,25H,5-8,12H2/t17-/m1/s1. The van der Waals surface area contributed by atoms with Crippen LogP contribution in [0.5, 0.6) is 0 Å². The molecule has 0 aliphatic carbocycles. The highest BCUT2D eigenvalue weighted by Gasteiger charge is 2.21. The summed E-state index contributed by atoms with van der Waals surface area (Å²) in [4.78, 5) is 8.44. The monoisotopic (exact) mass is 344 g/mol. The van der Waals surface area contributed by atoms with Crippen LogP contribution in [0.1, 0.15) is 17.2 Å². The second kappa shape index (κ2) is 7.55. The summed E-state index contributed by atoms with van der Waals surface area (Å²) >= 11 is 0. The fraction of sp³-hybridized carbons (Fsp3) is 0.333. The van der Waals surface area contributed by atoms with Crippen LogP contribution in [0.25, 0.3) is 0 Å². The van der Waals surface area contributed by atoms with Gasteiger partial charge < -0.3 is 10.0 Å². The van der Waals surface area contributed by atoms with E-state index in [9.17, 15) is 13.9 Å². The maximum absolute atomic E-state index is 13.3. The van der Waals surface area contributed by atoms with Gasteiger partial charge >= 0.3 is 0 Å². The van der Waals surface area contributed by atoms with Crippen molar-refractivity contribution in [2.75, 3.05) is 37.6 Å². The van der Waals surface area contributed by atoms with Crippen molar-refractivity contribution >= 4 is 5.82 Å². The molecular formula is C18H18F2N4O. The van der Waals surface area contributed by atoms with Crippen molar-refractivity contribution in [1.29, 1.82) is 5.26 Å². The van der Waals surface area contributed by atoms with Gasteiger partial charge in [0.2, 0.25) is 0 Å². The minimum atomic E-state index is -0.954. The highest BCUT2D eigenvalue weighted by atomic mass is 19.2. The molecular weight excluding hydrogens is 326 g/mol. The molecule has 0 radical (unpaired) electrons. The molecule has 1 aromatic carbocycles. The van der Waals surface area contributed by atoms with Crippen LogP contribution in [0.15, 0.2) is 36.5 Å². The van der Waals surface area contributed by atoms with Crippen molar-refractivity contribution in [2.24, 2.45) is 0 Å². The van der Waals surface area contributed by atoms with Gasteiger partial charge in [-0.25, -0.2) is 13.8 Å². The topological polar surface area (TPSA) is 63.4 Å². The SMILES string of the molecule is N#Cc1ccnc(N2CCN(C[C@@H](O)c3ccc(F)c(F)c3)CC2)c1. The predicted molar refractivity (Wildman–Crippen MR) is 88.9 cm³/mol. The molecule has 0 saturated carbocycles. The summed E-state index contributed by atoms with van der Waals surface area (Å²) in [6.45, 7) is 3.20. The van der Waals surface area contributed by atoms with Crippen molar-refractivity contribution in [3.63, 3.8) is 0 Å². The lowest BCUT2D eigenvalue weighted by molar-refractivity contribution is 0.109. The summed E-state index contributed by atoms with van der Waals surface area (Å²) in [6.07, 6.45) is 0.745. The van der Waals surface area contributed by atoms with Gasteiger partial charge in [-0.1, -0.05) is 6.07 Å². The molecule has 5 nitrogen and oxygen atoms in total. The summed E-state index contributed by atoms with van der Waals surface area (Å²) in [5.74, 6) is -1.11. The second-order valence-electron chi connectivity index (χ2n) is 5.99. The number of benzene rings is 1. The number of β-amino-alcohol motifs (C(OH)–C–C–N with tert-alkyl or cyclic N) is 1. The first-order valence-electron chi connectivity index (χ1n) is 8.03. The van der Waals surface area contributed by atoms with Crippen molar-refractivity contribution in [1.82, 2.24) is 9.88 Å². The molecule has 0 unspecified atom stereocenters. The molecule has 1 saturated heterocycles. The van der Waals surface area contributed by atoms with Crippen LogP contribution in [0.3, 0.4) is 0 Å². The molecule has 1 aliphatic rings. The van der Waals surface area contributed by atoms with Gasteiger partial charge in [0.05, 0.1) is 17.7 Å². The number of piperazine rings is 1. The lowest BCUT2D eigenvalue weighted by Gasteiger charge is -2.36. The Morgan fingerprint density at radius 1 is 1.12 bits per heavy atom. The molecule has 3 rings (SSSR count). The van der Waals surface area contributed by atoms with E-state index >= 15 is 0 Å². The van der Waals surface area contributed by atoms with Gasteiger partial charge in [-0.05, 0) is 29.8 Å². The van der Waals surface area contributed by atoms with Gasteiger partial charge in [0.15, 0.2) is 11.6 Å². The van der Waals surface area contributed by atoms with Crippen molar-refractivity contribution in [3.05, 3.63) is 59.3 Å². The van der Waals surface area contributed by atoms with E-state index < -0.39 is 17.7 Å². The fourth-order valence-electron chi connectivity index (χ4n) is 2.89. The van der Waals surface area contributed by atoms with Crippen molar-refractivity contribution in [3.8, 4) is 6.07 Å². The zero-order chi connectivity index (χ0) is 17.8. The number of halogens is 2. The Morgan fingerprint density at radius 2 is 1.88 bits per heavy atom. The normalized spacial score (nSPS) is 16.5. The molecule has 1 aliphatic heterocycles. The van der Waals surface area contributed by atoms with Crippen LogP contribution < -0.4 is 4.90 Å². The van der Waals surface area contributed by atoms with E-state index in [1.54, 1.807) is 18.3 Å². The van der Waals surface area contributed by atoms with Gasteiger partial charge in [0, 0.05) is 38.9 Å². The molecule has 1 aromatic heterocycles. The number of aliphatic hydroxyl groups excluding tert-OH is 1. The predicted octanol–water partition coefficient (Wildman–Crippen LogP) is 2.09. The number of hydrogen-bond donors (Lipinski definition) is 1. The average molecular weight is 344 g/mol. The molecule has 1 atom stereocenters. The van der Waals surface area contributed by atoms with Gasteiger partial charge in [0.25, 0.3) is 0 Å². The molecule has 7 heteroatoms. The second-order valence-corrected chi connectivity index (χ2v) is 5.99.